The summed E-state index contributed by atoms with van der Waals surface area (Å²) >= 11 is 0. The minimum absolute atomic E-state index is 0.152. The summed E-state index contributed by atoms with van der Waals surface area (Å²) in [5.74, 6) is -1.04. The van der Waals surface area contributed by atoms with E-state index >= 15 is 0 Å². The van der Waals surface area contributed by atoms with Gasteiger partial charge < -0.3 is 10.4 Å². The van der Waals surface area contributed by atoms with Gasteiger partial charge in [-0.05, 0) is 56.3 Å². The fraction of sp³-hybridized carbons (Fsp3) is 0.571. The van der Waals surface area contributed by atoms with Crippen molar-refractivity contribution in [3.05, 3.63) is 35.4 Å². The van der Waals surface area contributed by atoms with Crippen LogP contribution in [0.2, 0.25) is 0 Å². The monoisotopic (exact) mass is 255 g/mol. The van der Waals surface area contributed by atoms with Gasteiger partial charge in [-0.3, -0.25) is 0 Å². The fourth-order valence-electron chi connectivity index (χ4n) is 2.46. The first-order valence-electron chi connectivity index (χ1n) is 6.50. The molecule has 0 spiro atoms. The number of benzene rings is 1. The highest BCUT2D eigenvalue weighted by Gasteiger charge is 2.18. The Morgan fingerprint density at radius 3 is 2.28 bits per heavy atom. The Morgan fingerprint density at radius 1 is 1.06 bits per heavy atom. The van der Waals surface area contributed by atoms with Crippen LogP contribution < -0.4 is 5.32 Å². The van der Waals surface area contributed by atoms with Crippen molar-refractivity contribution in [1.29, 1.82) is 0 Å². The molecule has 2 rings (SSSR count). The molecule has 0 bridgehead atoms. The van der Waals surface area contributed by atoms with Gasteiger partial charge in [0.1, 0.15) is 11.6 Å². The van der Waals surface area contributed by atoms with Crippen LogP contribution in [0.1, 0.15) is 31.2 Å². The molecule has 1 aliphatic rings. The molecular weight excluding hydrogens is 236 g/mol. The third kappa shape index (κ3) is 4.03. The molecule has 18 heavy (non-hydrogen) atoms. The van der Waals surface area contributed by atoms with Crippen LogP contribution >= 0.6 is 0 Å². The zero-order valence-corrected chi connectivity index (χ0v) is 10.3. The van der Waals surface area contributed by atoms with E-state index in [1.807, 2.05) is 0 Å². The van der Waals surface area contributed by atoms with Crippen LogP contribution in [0.5, 0.6) is 0 Å². The summed E-state index contributed by atoms with van der Waals surface area (Å²) < 4.78 is 25.9. The Bertz CT molecular complexity index is 369. The Hall–Kier alpha value is -1.00. The summed E-state index contributed by atoms with van der Waals surface area (Å²) in [5, 5.41) is 12.8. The Kier molecular flexibility index (Phi) is 4.66. The standard InChI is InChI=1S/C14H19F2NO/c15-11-7-10(8-12(16)9-11)5-6-17-13-1-3-14(18)4-2-13/h7-9,13-14,17-18H,1-6H2. The van der Waals surface area contributed by atoms with E-state index in [-0.39, 0.29) is 6.10 Å². The molecule has 1 aromatic carbocycles. The number of aliphatic hydroxyl groups excluding tert-OH is 1. The maximum absolute atomic E-state index is 13.0. The second-order valence-corrected chi connectivity index (χ2v) is 4.99. The van der Waals surface area contributed by atoms with Crippen LogP contribution in [0.4, 0.5) is 8.78 Å². The van der Waals surface area contributed by atoms with Gasteiger partial charge in [0.15, 0.2) is 0 Å². The molecule has 100 valence electrons. The second-order valence-electron chi connectivity index (χ2n) is 4.99. The molecule has 1 aliphatic carbocycles. The molecular formula is C14H19F2NO. The summed E-state index contributed by atoms with van der Waals surface area (Å²) in [6.45, 7) is 0.712. The minimum atomic E-state index is -0.522. The smallest absolute Gasteiger partial charge is 0.126 e. The number of halogens is 2. The third-order valence-electron chi connectivity index (χ3n) is 3.47. The van der Waals surface area contributed by atoms with Gasteiger partial charge in [-0.1, -0.05) is 0 Å². The van der Waals surface area contributed by atoms with Crippen molar-refractivity contribution in [2.24, 2.45) is 0 Å². The molecule has 4 heteroatoms. The number of rotatable bonds is 4. The average Bonchev–Trinajstić information content (AvgIpc) is 2.30. The average molecular weight is 255 g/mol. The van der Waals surface area contributed by atoms with Crippen molar-refractivity contribution < 1.29 is 13.9 Å². The quantitative estimate of drug-likeness (QED) is 0.866. The van der Waals surface area contributed by atoms with E-state index in [1.165, 1.54) is 12.1 Å². The lowest BCUT2D eigenvalue weighted by Gasteiger charge is -2.26. The molecule has 0 heterocycles. The van der Waals surface area contributed by atoms with E-state index in [1.54, 1.807) is 0 Å². The minimum Gasteiger partial charge on any atom is -0.393 e. The molecule has 2 nitrogen and oxygen atoms in total. The van der Waals surface area contributed by atoms with Gasteiger partial charge in [0.2, 0.25) is 0 Å². The van der Waals surface area contributed by atoms with Crippen molar-refractivity contribution in [2.75, 3.05) is 6.54 Å². The van der Waals surface area contributed by atoms with Crippen LogP contribution in [0.3, 0.4) is 0 Å². The van der Waals surface area contributed by atoms with E-state index < -0.39 is 11.6 Å². The largest absolute Gasteiger partial charge is 0.393 e. The normalized spacial score (nSPS) is 24.2. The predicted molar refractivity (Wildman–Crippen MR) is 66.3 cm³/mol. The first-order valence-corrected chi connectivity index (χ1v) is 6.50. The molecule has 0 aromatic heterocycles. The molecule has 1 aromatic rings. The molecule has 0 radical (unpaired) electrons. The molecule has 2 N–H and O–H groups in total. The van der Waals surface area contributed by atoms with E-state index in [0.29, 0.717) is 24.6 Å². The highest BCUT2D eigenvalue weighted by atomic mass is 19.1. The molecule has 1 fully saturated rings. The zero-order chi connectivity index (χ0) is 13.0. The van der Waals surface area contributed by atoms with Crippen LogP contribution in [0.15, 0.2) is 18.2 Å². The summed E-state index contributed by atoms with van der Waals surface area (Å²) in [5.41, 5.74) is 0.677. The fourth-order valence-corrected chi connectivity index (χ4v) is 2.46. The van der Waals surface area contributed by atoms with Gasteiger partial charge in [-0.15, -0.1) is 0 Å². The van der Waals surface area contributed by atoms with Crippen LogP contribution in [-0.2, 0) is 6.42 Å². The Morgan fingerprint density at radius 2 is 1.67 bits per heavy atom. The first-order chi connectivity index (χ1) is 8.63. The molecule has 0 amide bonds. The summed E-state index contributed by atoms with van der Waals surface area (Å²) in [7, 11) is 0. The van der Waals surface area contributed by atoms with Crippen molar-refractivity contribution >= 4 is 0 Å². The Labute approximate surface area is 106 Å². The summed E-state index contributed by atoms with van der Waals surface area (Å²) in [6, 6.07) is 4.05. The van der Waals surface area contributed by atoms with E-state index in [9.17, 15) is 13.9 Å². The topological polar surface area (TPSA) is 32.3 Å². The van der Waals surface area contributed by atoms with Crippen molar-refractivity contribution in [3.63, 3.8) is 0 Å². The van der Waals surface area contributed by atoms with Crippen molar-refractivity contribution in [2.45, 2.75) is 44.2 Å². The number of hydrogen-bond donors (Lipinski definition) is 2. The number of nitrogens with one attached hydrogen (secondary N) is 1. The zero-order valence-electron chi connectivity index (χ0n) is 10.3. The maximum Gasteiger partial charge on any atom is 0.126 e. The van der Waals surface area contributed by atoms with E-state index in [0.717, 1.165) is 31.7 Å². The lowest BCUT2D eigenvalue weighted by molar-refractivity contribution is 0.117. The number of aliphatic hydroxyl groups is 1. The van der Waals surface area contributed by atoms with Gasteiger partial charge in [0.25, 0.3) is 0 Å². The highest BCUT2D eigenvalue weighted by molar-refractivity contribution is 5.18. The molecule has 0 aliphatic heterocycles. The van der Waals surface area contributed by atoms with Crippen LogP contribution in [0, 0.1) is 11.6 Å². The molecule has 0 unspecified atom stereocenters. The van der Waals surface area contributed by atoms with Crippen molar-refractivity contribution in [1.82, 2.24) is 5.32 Å². The maximum atomic E-state index is 13.0. The Balaban J connectivity index is 1.74. The van der Waals surface area contributed by atoms with Gasteiger partial charge in [-0.25, -0.2) is 8.78 Å². The van der Waals surface area contributed by atoms with Gasteiger partial charge in [0, 0.05) is 12.1 Å². The SMILES string of the molecule is OC1CCC(NCCc2cc(F)cc(F)c2)CC1. The summed E-state index contributed by atoms with van der Waals surface area (Å²) in [4.78, 5) is 0. The third-order valence-corrected chi connectivity index (χ3v) is 3.47. The van der Waals surface area contributed by atoms with Crippen molar-refractivity contribution in [3.8, 4) is 0 Å². The summed E-state index contributed by atoms with van der Waals surface area (Å²) in [6.07, 6.45) is 4.09. The lowest BCUT2D eigenvalue weighted by Crippen LogP contribution is -2.35. The van der Waals surface area contributed by atoms with Crippen LogP contribution in [-0.4, -0.2) is 23.8 Å². The lowest BCUT2D eigenvalue weighted by atomic mass is 9.93. The number of hydrogen-bond acceptors (Lipinski definition) is 2. The predicted octanol–water partition coefficient (Wildman–Crippen LogP) is 2.40. The van der Waals surface area contributed by atoms with E-state index in [2.05, 4.69) is 5.32 Å². The second kappa shape index (κ2) is 6.25. The molecule has 0 saturated heterocycles. The van der Waals surface area contributed by atoms with Gasteiger partial charge in [0.05, 0.1) is 6.10 Å². The van der Waals surface area contributed by atoms with Gasteiger partial charge >= 0.3 is 0 Å². The highest BCUT2D eigenvalue weighted by Crippen LogP contribution is 2.18. The van der Waals surface area contributed by atoms with Gasteiger partial charge in [-0.2, -0.15) is 0 Å². The molecule has 0 atom stereocenters. The van der Waals surface area contributed by atoms with Crippen LogP contribution in [0.25, 0.3) is 0 Å². The first kappa shape index (κ1) is 13.4. The van der Waals surface area contributed by atoms with E-state index in [4.69, 9.17) is 0 Å². The molecule has 1 saturated carbocycles.